The SMILES string of the molecule is CC(c1nc2ccc(F)cc2cc1-c1cncc(F)c1)n1nc(-c2cscn2)c2c(N)ncnc21. The number of aromatic nitrogens is 7. The van der Waals surface area contributed by atoms with E-state index in [0.29, 0.717) is 50.1 Å². The fourth-order valence-electron chi connectivity index (χ4n) is 4.16. The molecule has 6 aromatic rings. The number of anilines is 1. The lowest BCUT2D eigenvalue weighted by molar-refractivity contribution is 0.569. The monoisotopic (exact) mass is 486 g/mol. The van der Waals surface area contributed by atoms with Crippen LogP contribution in [0, 0.1) is 11.6 Å². The summed E-state index contributed by atoms with van der Waals surface area (Å²) in [4.78, 5) is 21.8. The van der Waals surface area contributed by atoms with Gasteiger partial charge in [0.1, 0.15) is 35.2 Å². The topological polar surface area (TPSA) is 108 Å². The molecule has 0 saturated carbocycles. The Morgan fingerprint density at radius 1 is 1.03 bits per heavy atom. The molecule has 0 aliphatic carbocycles. The van der Waals surface area contributed by atoms with Gasteiger partial charge >= 0.3 is 0 Å². The average Bonchev–Trinajstić information content (AvgIpc) is 3.51. The highest BCUT2D eigenvalue weighted by Crippen LogP contribution is 2.36. The van der Waals surface area contributed by atoms with Gasteiger partial charge in [0, 0.05) is 28.1 Å². The lowest BCUT2D eigenvalue weighted by atomic mass is 9.99. The van der Waals surface area contributed by atoms with Gasteiger partial charge in [-0.2, -0.15) is 5.10 Å². The number of pyridine rings is 2. The van der Waals surface area contributed by atoms with Crippen molar-refractivity contribution in [1.29, 1.82) is 0 Å². The highest BCUT2D eigenvalue weighted by atomic mass is 32.1. The molecule has 0 saturated heterocycles. The molecule has 2 N–H and O–H groups in total. The van der Waals surface area contributed by atoms with Crippen LogP contribution in [0.2, 0.25) is 0 Å². The second-order valence-corrected chi connectivity index (χ2v) is 8.67. The maximum Gasteiger partial charge on any atom is 0.164 e. The summed E-state index contributed by atoms with van der Waals surface area (Å²) in [6.45, 7) is 1.91. The third-order valence-corrected chi connectivity index (χ3v) is 6.36. The predicted molar refractivity (Wildman–Crippen MR) is 130 cm³/mol. The molecule has 1 aromatic carbocycles. The number of nitrogen functional groups attached to an aromatic ring is 1. The smallest absolute Gasteiger partial charge is 0.164 e. The van der Waals surface area contributed by atoms with Crippen molar-refractivity contribution in [1.82, 2.24) is 34.7 Å². The molecule has 0 fully saturated rings. The highest BCUT2D eigenvalue weighted by molar-refractivity contribution is 7.07. The Kier molecular flexibility index (Phi) is 4.92. The number of hydrogen-bond donors (Lipinski definition) is 1. The molecule has 35 heavy (non-hydrogen) atoms. The molecular formula is C24H16F2N8S. The van der Waals surface area contributed by atoms with E-state index in [-0.39, 0.29) is 11.6 Å². The van der Waals surface area contributed by atoms with Crippen LogP contribution in [-0.2, 0) is 0 Å². The molecule has 172 valence electrons. The summed E-state index contributed by atoms with van der Waals surface area (Å²) in [5, 5.41) is 7.84. The second kappa shape index (κ2) is 8.13. The number of nitrogens with zero attached hydrogens (tertiary/aromatic N) is 7. The van der Waals surface area contributed by atoms with Crippen LogP contribution in [0.1, 0.15) is 18.7 Å². The van der Waals surface area contributed by atoms with E-state index in [9.17, 15) is 8.78 Å². The first kappa shape index (κ1) is 21.2. The lowest BCUT2D eigenvalue weighted by Crippen LogP contribution is -2.13. The zero-order chi connectivity index (χ0) is 24.1. The molecular weight excluding hydrogens is 470 g/mol. The van der Waals surface area contributed by atoms with E-state index < -0.39 is 11.9 Å². The number of halogens is 2. The minimum Gasteiger partial charge on any atom is -0.383 e. The first-order valence-electron chi connectivity index (χ1n) is 10.6. The van der Waals surface area contributed by atoms with Crippen molar-refractivity contribution in [2.75, 3.05) is 5.73 Å². The normalized spacial score (nSPS) is 12.4. The van der Waals surface area contributed by atoms with Gasteiger partial charge in [-0.05, 0) is 37.3 Å². The molecule has 5 aromatic heterocycles. The second-order valence-electron chi connectivity index (χ2n) is 7.95. The molecule has 1 atom stereocenters. The Morgan fingerprint density at radius 3 is 2.71 bits per heavy atom. The maximum atomic E-state index is 14.1. The summed E-state index contributed by atoms with van der Waals surface area (Å²) in [5.74, 6) is -0.592. The van der Waals surface area contributed by atoms with Crippen molar-refractivity contribution in [3.8, 4) is 22.5 Å². The van der Waals surface area contributed by atoms with Gasteiger partial charge in [0.25, 0.3) is 0 Å². The van der Waals surface area contributed by atoms with Crippen LogP contribution in [0.25, 0.3) is 44.5 Å². The lowest BCUT2D eigenvalue weighted by Gasteiger charge is -2.18. The Hall–Kier alpha value is -4.38. The van der Waals surface area contributed by atoms with Gasteiger partial charge in [-0.1, -0.05) is 0 Å². The summed E-state index contributed by atoms with van der Waals surface area (Å²) in [6, 6.07) is 7.04. The van der Waals surface area contributed by atoms with E-state index in [0.717, 1.165) is 6.20 Å². The maximum absolute atomic E-state index is 14.1. The number of nitrogens with two attached hydrogens (primary N) is 1. The van der Waals surface area contributed by atoms with Gasteiger partial charge in [0.15, 0.2) is 5.65 Å². The first-order valence-corrected chi connectivity index (χ1v) is 11.5. The summed E-state index contributed by atoms with van der Waals surface area (Å²) < 4.78 is 29.8. The largest absolute Gasteiger partial charge is 0.383 e. The molecule has 0 bridgehead atoms. The van der Waals surface area contributed by atoms with Crippen LogP contribution in [0.3, 0.4) is 0 Å². The molecule has 0 spiro atoms. The Labute approximate surface area is 201 Å². The summed E-state index contributed by atoms with van der Waals surface area (Å²) >= 11 is 1.44. The van der Waals surface area contributed by atoms with Crippen LogP contribution in [-0.4, -0.2) is 34.7 Å². The van der Waals surface area contributed by atoms with Crippen molar-refractivity contribution in [3.63, 3.8) is 0 Å². The van der Waals surface area contributed by atoms with Gasteiger partial charge in [0.05, 0.1) is 34.3 Å². The summed E-state index contributed by atoms with van der Waals surface area (Å²) in [5.41, 5.74) is 11.9. The van der Waals surface area contributed by atoms with Gasteiger partial charge in [0.2, 0.25) is 0 Å². The molecule has 11 heteroatoms. The molecule has 1 unspecified atom stereocenters. The standard InChI is InChI=1S/C24H16F2N8S/c1-12(34-24-20(23(27)29-10-30-24)22(33-34)19-9-35-11-31-19)21-17(14-5-16(26)8-28-7-14)6-13-4-15(25)2-3-18(13)32-21/h2-12H,1H3,(H2,27,29,30). The number of rotatable bonds is 4. The van der Waals surface area contributed by atoms with Crippen LogP contribution in [0.5, 0.6) is 0 Å². The van der Waals surface area contributed by atoms with Crippen LogP contribution >= 0.6 is 11.3 Å². The molecule has 0 radical (unpaired) electrons. The van der Waals surface area contributed by atoms with Gasteiger partial charge in [-0.25, -0.2) is 33.4 Å². The molecule has 5 heterocycles. The summed E-state index contributed by atoms with van der Waals surface area (Å²) in [6.07, 6.45) is 4.05. The van der Waals surface area contributed by atoms with Gasteiger partial charge in [-0.15, -0.1) is 11.3 Å². The quantitative estimate of drug-likeness (QED) is 0.372. The highest BCUT2D eigenvalue weighted by Gasteiger charge is 2.25. The van der Waals surface area contributed by atoms with Crippen molar-refractivity contribution in [2.45, 2.75) is 13.0 Å². The summed E-state index contributed by atoms with van der Waals surface area (Å²) in [7, 11) is 0. The zero-order valence-electron chi connectivity index (χ0n) is 18.2. The number of benzene rings is 1. The van der Waals surface area contributed by atoms with E-state index in [1.54, 1.807) is 28.5 Å². The number of fused-ring (bicyclic) bond motifs is 2. The fraction of sp³-hybridized carbons (Fsp3) is 0.0833. The molecule has 0 aliphatic rings. The molecule has 0 aliphatic heterocycles. The van der Waals surface area contributed by atoms with Crippen LogP contribution in [0.4, 0.5) is 14.6 Å². The van der Waals surface area contributed by atoms with Crippen LogP contribution in [0.15, 0.2) is 59.9 Å². The van der Waals surface area contributed by atoms with Crippen LogP contribution < -0.4 is 5.73 Å². The van der Waals surface area contributed by atoms with Gasteiger partial charge in [-0.3, -0.25) is 4.98 Å². The van der Waals surface area contributed by atoms with Crippen molar-refractivity contribution in [3.05, 3.63) is 77.3 Å². The van der Waals surface area contributed by atoms with E-state index in [1.807, 2.05) is 12.3 Å². The minimum absolute atomic E-state index is 0.285. The zero-order valence-corrected chi connectivity index (χ0v) is 19.0. The third kappa shape index (κ3) is 3.56. The van der Waals surface area contributed by atoms with E-state index >= 15 is 0 Å². The van der Waals surface area contributed by atoms with E-state index in [2.05, 4.69) is 19.9 Å². The number of thiazole rings is 1. The minimum atomic E-state index is -0.490. The first-order chi connectivity index (χ1) is 17.0. The van der Waals surface area contributed by atoms with E-state index in [4.69, 9.17) is 15.8 Å². The van der Waals surface area contributed by atoms with Gasteiger partial charge < -0.3 is 5.73 Å². The number of hydrogen-bond acceptors (Lipinski definition) is 8. The van der Waals surface area contributed by atoms with Crippen molar-refractivity contribution in [2.24, 2.45) is 0 Å². The Balaban J connectivity index is 1.62. The van der Waals surface area contributed by atoms with Crippen molar-refractivity contribution < 1.29 is 8.78 Å². The predicted octanol–water partition coefficient (Wildman–Crippen LogP) is 5.03. The van der Waals surface area contributed by atoms with Crippen molar-refractivity contribution >= 4 is 39.1 Å². The average molecular weight is 487 g/mol. The Morgan fingerprint density at radius 2 is 1.91 bits per heavy atom. The molecule has 8 nitrogen and oxygen atoms in total. The molecule has 0 amide bonds. The molecule has 6 rings (SSSR count). The van der Waals surface area contributed by atoms with E-state index in [1.165, 1.54) is 35.9 Å². The Bertz CT molecular complexity index is 1710. The fourth-order valence-corrected chi connectivity index (χ4v) is 4.70. The third-order valence-electron chi connectivity index (χ3n) is 5.78.